The molecule has 0 saturated carbocycles. The van der Waals surface area contributed by atoms with E-state index in [1.807, 2.05) is 121 Å². The van der Waals surface area contributed by atoms with Gasteiger partial charge in [0.1, 0.15) is 19.3 Å². The Hall–Kier alpha value is -4.30. The van der Waals surface area contributed by atoms with Crippen molar-refractivity contribution in [2.24, 2.45) is 0 Å². The van der Waals surface area contributed by atoms with Crippen molar-refractivity contribution in [3.8, 4) is 0 Å². The molecule has 0 unspecified atom stereocenters. The molecule has 0 aliphatic rings. The molecular formula is C35H37NO6. The molecule has 2 atom stereocenters. The van der Waals surface area contributed by atoms with Gasteiger partial charge in [-0.3, -0.25) is 4.79 Å². The Bertz CT molecular complexity index is 1320. The molecule has 4 aromatic rings. The van der Waals surface area contributed by atoms with Gasteiger partial charge in [0.05, 0.1) is 25.9 Å². The van der Waals surface area contributed by atoms with Gasteiger partial charge in [0.25, 0.3) is 0 Å². The lowest BCUT2D eigenvalue weighted by Crippen LogP contribution is -2.42. The fourth-order valence-corrected chi connectivity index (χ4v) is 4.28. The van der Waals surface area contributed by atoms with E-state index < -0.39 is 18.3 Å². The number of Topliss-reactive ketones (excluding diaryl/α,β-unsaturated/α-hetero) is 1. The SMILES string of the molecule is O=C(NCC[C@@H](OCc1ccccc1)[C@H](OCc1ccccc1)C(=O)COCc1ccccc1)OCc1ccccc1. The van der Waals surface area contributed by atoms with Gasteiger partial charge in [0.2, 0.25) is 0 Å². The lowest BCUT2D eigenvalue weighted by Gasteiger charge is -2.27. The minimum atomic E-state index is -0.910. The van der Waals surface area contributed by atoms with Crippen LogP contribution in [0.15, 0.2) is 121 Å². The monoisotopic (exact) mass is 567 g/mol. The van der Waals surface area contributed by atoms with E-state index in [-0.39, 0.29) is 38.8 Å². The Labute approximate surface area is 247 Å². The highest BCUT2D eigenvalue weighted by Crippen LogP contribution is 2.16. The van der Waals surface area contributed by atoms with E-state index in [9.17, 15) is 9.59 Å². The van der Waals surface area contributed by atoms with Crippen molar-refractivity contribution in [1.29, 1.82) is 0 Å². The molecule has 0 aliphatic carbocycles. The maximum Gasteiger partial charge on any atom is 0.407 e. The standard InChI is InChI=1S/C35H37NO6/c37-32(27-39-23-28-13-5-1-6-14-28)34(41-25-30-17-9-3-10-18-30)33(40-24-29-15-7-2-8-16-29)21-22-36-35(38)42-26-31-19-11-4-12-20-31/h1-20,33-34H,21-27H2,(H,36,38)/t33-,34-/m1/s1. The fraction of sp³-hybridized carbons (Fsp3) is 0.257. The Kier molecular flexibility index (Phi) is 12.8. The molecule has 0 aromatic heterocycles. The maximum atomic E-state index is 13.5. The van der Waals surface area contributed by atoms with E-state index in [4.69, 9.17) is 18.9 Å². The molecule has 1 amide bonds. The van der Waals surface area contributed by atoms with E-state index in [1.54, 1.807) is 0 Å². The third kappa shape index (κ3) is 10.9. The van der Waals surface area contributed by atoms with Gasteiger partial charge in [-0.1, -0.05) is 121 Å². The third-order valence-electron chi connectivity index (χ3n) is 6.50. The molecule has 0 fully saturated rings. The number of hydrogen-bond acceptors (Lipinski definition) is 6. The minimum Gasteiger partial charge on any atom is -0.445 e. The van der Waals surface area contributed by atoms with Gasteiger partial charge in [0.15, 0.2) is 5.78 Å². The molecule has 0 saturated heterocycles. The Morgan fingerprint density at radius 1 is 0.571 bits per heavy atom. The summed E-state index contributed by atoms with van der Waals surface area (Å²) in [7, 11) is 0. The summed E-state index contributed by atoms with van der Waals surface area (Å²) in [6.45, 7) is 1.09. The van der Waals surface area contributed by atoms with E-state index in [0.29, 0.717) is 13.0 Å². The van der Waals surface area contributed by atoms with Crippen LogP contribution in [0, 0.1) is 0 Å². The Morgan fingerprint density at radius 2 is 1.02 bits per heavy atom. The van der Waals surface area contributed by atoms with Crippen molar-refractivity contribution in [2.45, 2.75) is 45.1 Å². The normalized spacial score (nSPS) is 12.3. The van der Waals surface area contributed by atoms with Crippen molar-refractivity contribution in [1.82, 2.24) is 5.32 Å². The molecular weight excluding hydrogens is 530 g/mol. The van der Waals surface area contributed by atoms with Crippen LogP contribution in [0.4, 0.5) is 4.79 Å². The number of ketones is 1. The molecule has 0 bridgehead atoms. The van der Waals surface area contributed by atoms with Crippen LogP contribution in [-0.2, 0) is 50.2 Å². The molecule has 0 heterocycles. The van der Waals surface area contributed by atoms with Crippen molar-refractivity contribution in [3.63, 3.8) is 0 Å². The molecule has 1 N–H and O–H groups in total. The first-order valence-corrected chi connectivity index (χ1v) is 14.1. The van der Waals surface area contributed by atoms with Crippen LogP contribution in [0.5, 0.6) is 0 Å². The number of amides is 1. The van der Waals surface area contributed by atoms with Gasteiger partial charge in [0, 0.05) is 6.54 Å². The zero-order valence-corrected chi connectivity index (χ0v) is 23.6. The molecule has 218 valence electrons. The summed E-state index contributed by atoms with van der Waals surface area (Å²) < 4.78 is 23.6. The zero-order valence-electron chi connectivity index (χ0n) is 23.6. The highest BCUT2D eigenvalue weighted by molar-refractivity contribution is 5.85. The van der Waals surface area contributed by atoms with Crippen molar-refractivity contribution < 1.29 is 28.5 Å². The summed E-state index contributed by atoms with van der Waals surface area (Å²) in [6, 6.07) is 38.5. The molecule has 42 heavy (non-hydrogen) atoms. The van der Waals surface area contributed by atoms with Gasteiger partial charge >= 0.3 is 6.09 Å². The predicted octanol–water partition coefficient (Wildman–Crippen LogP) is 6.26. The van der Waals surface area contributed by atoms with Gasteiger partial charge in [-0.05, 0) is 28.7 Å². The van der Waals surface area contributed by atoms with Gasteiger partial charge in [-0.25, -0.2) is 4.79 Å². The van der Waals surface area contributed by atoms with Crippen molar-refractivity contribution in [3.05, 3.63) is 144 Å². The smallest absolute Gasteiger partial charge is 0.407 e. The van der Waals surface area contributed by atoms with Crippen LogP contribution < -0.4 is 5.32 Å². The van der Waals surface area contributed by atoms with E-state index in [1.165, 1.54) is 0 Å². The first-order chi connectivity index (χ1) is 20.7. The van der Waals surface area contributed by atoms with E-state index in [2.05, 4.69) is 5.32 Å². The fourth-order valence-electron chi connectivity index (χ4n) is 4.28. The largest absolute Gasteiger partial charge is 0.445 e. The summed E-state index contributed by atoms with van der Waals surface area (Å²) in [6.07, 6.45) is -1.76. The van der Waals surface area contributed by atoms with Crippen LogP contribution >= 0.6 is 0 Å². The third-order valence-corrected chi connectivity index (χ3v) is 6.50. The number of benzene rings is 4. The van der Waals surface area contributed by atoms with Crippen LogP contribution in [-0.4, -0.2) is 37.2 Å². The van der Waals surface area contributed by atoms with Crippen molar-refractivity contribution >= 4 is 11.9 Å². The molecule has 4 rings (SSSR count). The second kappa shape index (κ2) is 17.5. The number of carbonyl (C=O) groups excluding carboxylic acids is 2. The molecule has 0 radical (unpaired) electrons. The highest BCUT2D eigenvalue weighted by atomic mass is 16.6. The molecule has 7 nitrogen and oxygen atoms in total. The predicted molar refractivity (Wildman–Crippen MR) is 160 cm³/mol. The van der Waals surface area contributed by atoms with Crippen LogP contribution in [0.3, 0.4) is 0 Å². The van der Waals surface area contributed by atoms with Gasteiger partial charge in [-0.2, -0.15) is 0 Å². The van der Waals surface area contributed by atoms with Gasteiger partial charge < -0.3 is 24.3 Å². The number of ether oxygens (including phenoxy) is 4. The average molecular weight is 568 g/mol. The Morgan fingerprint density at radius 3 is 1.55 bits per heavy atom. The van der Waals surface area contributed by atoms with Crippen molar-refractivity contribution in [2.75, 3.05) is 13.2 Å². The molecule has 0 spiro atoms. The Balaban J connectivity index is 1.40. The summed E-state index contributed by atoms with van der Waals surface area (Å²) in [5.74, 6) is -0.230. The topological polar surface area (TPSA) is 83.1 Å². The number of hydrogen-bond donors (Lipinski definition) is 1. The molecule has 7 heteroatoms. The zero-order chi connectivity index (χ0) is 29.2. The lowest BCUT2D eigenvalue weighted by molar-refractivity contribution is -0.150. The van der Waals surface area contributed by atoms with Gasteiger partial charge in [-0.15, -0.1) is 0 Å². The van der Waals surface area contributed by atoms with E-state index in [0.717, 1.165) is 22.3 Å². The molecule has 4 aromatic carbocycles. The number of alkyl carbamates (subject to hydrolysis) is 1. The average Bonchev–Trinajstić information content (AvgIpc) is 3.04. The first-order valence-electron chi connectivity index (χ1n) is 14.1. The quantitative estimate of drug-likeness (QED) is 0.162. The van der Waals surface area contributed by atoms with Crippen LogP contribution in [0.1, 0.15) is 28.7 Å². The van der Waals surface area contributed by atoms with Crippen LogP contribution in [0.2, 0.25) is 0 Å². The summed E-state index contributed by atoms with van der Waals surface area (Å²) in [5, 5.41) is 2.77. The number of carbonyl (C=O) groups is 2. The summed E-state index contributed by atoms with van der Waals surface area (Å²) >= 11 is 0. The highest BCUT2D eigenvalue weighted by Gasteiger charge is 2.30. The van der Waals surface area contributed by atoms with Crippen LogP contribution in [0.25, 0.3) is 0 Å². The number of rotatable bonds is 17. The summed E-state index contributed by atoms with van der Waals surface area (Å²) in [5.41, 5.74) is 3.77. The lowest BCUT2D eigenvalue weighted by atomic mass is 10.1. The van der Waals surface area contributed by atoms with E-state index >= 15 is 0 Å². The second-order valence-electron chi connectivity index (χ2n) is 9.77. The molecule has 0 aliphatic heterocycles. The maximum absolute atomic E-state index is 13.5. The summed E-state index contributed by atoms with van der Waals surface area (Å²) in [4.78, 5) is 25.9. The number of nitrogens with one attached hydrogen (secondary N) is 1. The second-order valence-corrected chi connectivity index (χ2v) is 9.77. The minimum absolute atomic E-state index is 0.133. The first kappa shape index (κ1) is 30.7.